The Labute approximate surface area is 218 Å². The van der Waals surface area contributed by atoms with Gasteiger partial charge in [0.15, 0.2) is 11.4 Å². The molecule has 3 aromatic heterocycles. The number of carbonyl (C=O) groups is 2. The van der Waals surface area contributed by atoms with E-state index in [1.165, 1.54) is 11.4 Å². The van der Waals surface area contributed by atoms with E-state index < -0.39 is 24.7 Å². The largest absolute Gasteiger partial charge is 0.391 e. The van der Waals surface area contributed by atoms with Gasteiger partial charge >= 0.3 is 0 Å². The molecule has 0 radical (unpaired) electrons. The first-order chi connectivity index (χ1) is 18.4. The number of carbonyl (C=O) groups excluding carboxylic acids is 2. The van der Waals surface area contributed by atoms with E-state index in [1.807, 2.05) is 42.5 Å². The van der Waals surface area contributed by atoms with Crippen LogP contribution in [0.15, 0.2) is 54.9 Å². The number of Topliss-reactive ketones (excluding diaryl/α,β-unsaturated/α-hetero) is 1. The molecule has 4 atom stereocenters. The van der Waals surface area contributed by atoms with Crippen molar-refractivity contribution in [2.45, 2.75) is 50.3 Å². The normalized spacial score (nSPS) is 22.7. The number of aliphatic hydroxyl groups excluding tert-OH is 2. The zero-order valence-electron chi connectivity index (χ0n) is 20.9. The third kappa shape index (κ3) is 3.84. The zero-order valence-corrected chi connectivity index (χ0v) is 20.9. The third-order valence-corrected chi connectivity index (χ3v) is 7.81. The lowest BCUT2D eigenvalue weighted by molar-refractivity contribution is -0.139. The summed E-state index contributed by atoms with van der Waals surface area (Å²) in [5.41, 5.74) is 11.3. The average Bonchev–Trinajstić information content (AvgIpc) is 3.44. The number of hydrogen-bond acceptors (Lipinski definition) is 8. The molecule has 2 fully saturated rings. The van der Waals surface area contributed by atoms with E-state index >= 15 is 0 Å². The Morgan fingerprint density at radius 3 is 2.50 bits per heavy atom. The molecule has 10 heteroatoms. The van der Waals surface area contributed by atoms with Gasteiger partial charge in [-0.1, -0.05) is 36.4 Å². The summed E-state index contributed by atoms with van der Waals surface area (Å²) in [5.74, 6) is -0.606. The molecule has 2 aliphatic rings. The first-order valence-corrected chi connectivity index (χ1v) is 12.7. The van der Waals surface area contributed by atoms with Crippen LogP contribution < -0.4 is 5.73 Å². The number of nitrogen functional groups attached to an aromatic ring is 1. The fourth-order valence-electron chi connectivity index (χ4n) is 6.12. The second-order valence-corrected chi connectivity index (χ2v) is 10.1. The Kier molecular flexibility index (Phi) is 5.93. The third-order valence-electron chi connectivity index (χ3n) is 7.81. The van der Waals surface area contributed by atoms with Crippen LogP contribution in [0.25, 0.3) is 28.0 Å². The van der Waals surface area contributed by atoms with Gasteiger partial charge in [-0.05, 0) is 32.3 Å². The summed E-state index contributed by atoms with van der Waals surface area (Å²) < 4.78 is 1.48. The maximum atomic E-state index is 12.8. The second kappa shape index (κ2) is 9.30. The Hall–Kier alpha value is -4.15. The van der Waals surface area contributed by atoms with Crippen molar-refractivity contribution < 1.29 is 19.8 Å². The van der Waals surface area contributed by atoms with Crippen molar-refractivity contribution in [3.05, 3.63) is 66.1 Å². The molecule has 2 bridgehead atoms. The number of benzene rings is 1. The summed E-state index contributed by atoms with van der Waals surface area (Å²) in [6.45, 7) is 0.851. The van der Waals surface area contributed by atoms with E-state index in [1.54, 1.807) is 17.3 Å². The van der Waals surface area contributed by atoms with E-state index in [0.717, 1.165) is 22.4 Å². The van der Waals surface area contributed by atoms with E-state index in [0.29, 0.717) is 36.2 Å². The minimum atomic E-state index is -0.693. The molecule has 2 aliphatic heterocycles. The predicted octanol–water partition coefficient (Wildman–Crippen LogP) is 2.44. The van der Waals surface area contributed by atoms with Gasteiger partial charge in [-0.25, -0.2) is 4.98 Å². The van der Waals surface area contributed by atoms with Gasteiger partial charge in [-0.2, -0.15) is 9.61 Å². The van der Waals surface area contributed by atoms with Crippen LogP contribution in [0.4, 0.5) is 5.82 Å². The summed E-state index contributed by atoms with van der Waals surface area (Å²) in [5, 5.41) is 24.5. The van der Waals surface area contributed by atoms with Crippen LogP contribution in [-0.2, 0) is 4.79 Å². The number of nitrogens with zero attached hydrogens (tertiary/aromatic N) is 5. The maximum absolute atomic E-state index is 12.8. The van der Waals surface area contributed by atoms with Gasteiger partial charge in [-0.3, -0.25) is 14.6 Å². The SMILES string of the molecule is CC(=O)c1c(C2CC3CC(O)C(C2)N3C(=O)CO)nc2c(-c3ccc(-c4ccccc4)nc3)cnn2c1N. The van der Waals surface area contributed by atoms with Gasteiger partial charge in [0.25, 0.3) is 0 Å². The number of aromatic nitrogens is 4. The molecule has 6 rings (SSSR count). The van der Waals surface area contributed by atoms with Crippen molar-refractivity contribution in [2.75, 3.05) is 12.3 Å². The topological polar surface area (TPSA) is 147 Å². The molecule has 194 valence electrons. The van der Waals surface area contributed by atoms with Gasteiger partial charge < -0.3 is 20.8 Å². The van der Waals surface area contributed by atoms with E-state index in [-0.39, 0.29) is 23.6 Å². The van der Waals surface area contributed by atoms with Crippen molar-refractivity contribution in [2.24, 2.45) is 0 Å². The van der Waals surface area contributed by atoms with E-state index in [9.17, 15) is 19.8 Å². The fourth-order valence-corrected chi connectivity index (χ4v) is 6.12. The molecule has 2 saturated heterocycles. The first kappa shape index (κ1) is 24.2. The standard InChI is InChI=1S/C28H28N6O4/c1-15(36)25-26(18-9-19-11-23(37)22(10-18)33(19)24(38)14-35)32-28-20(13-31-34(28)27(25)29)17-7-8-21(30-12-17)16-5-3-2-4-6-16/h2-8,12-13,18-19,22-23,35,37H,9-11,14,29H2,1H3. The molecule has 0 spiro atoms. The van der Waals surface area contributed by atoms with Crippen molar-refractivity contribution in [3.63, 3.8) is 0 Å². The lowest BCUT2D eigenvalue weighted by Crippen LogP contribution is -2.49. The Bertz CT molecular complexity index is 1530. The quantitative estimate of drug-likeness (QED) is 0.346. The van der Waals surface area contributed by atoms with E-state index in [2.05, 4.69) is 10.1 Å². The number of pyridine rings is 1. The molecule has 0 saturated carbocycles. The van der Waals surface area contributed by atoms with Gasteiger partial charge in [0.05, 0.1) is 35.3 Å². The number of hydrogen-bond donors (Lipinski definition) is 3. The molecule has 5 heterocycles. The summed E-state index contributed by atoms with van der Waals surface area (Å²) in [7, 11) is 0. The summed E-state index contributed by atoms with van der Waals surface area (Å²) in [6, 6.07) is 13.1. The van der Waals surface area contributed by atoms with Crippen LogP contribution in [-0.4, -0.2) is 71.2 Å². The van der Waals surface area contributed by atoms with Crippen LogP contribution in [0.3, 0.4) is 0 Å². The van der Waals surface area contributed by atoms with Gasteiger partial charge in [0.2, 0.25) is 5.91 Å². The minimum absolute atomic E-state index is 0.197. The molecule has 1 amide bonds. The molecule has 4 N–H and O–H groups in total. The number of anilines is 1. The highest BCUT2D eigenvalue weighted by Crippen LogP contribution is 2.44. The van der Waals surface area contributed by atoms with Crippen molar-refractivity contribution >= 4 is 23.2 Å². The first-order valence-electron chi connectivity index (χ1n) is 12.7. The van der Waals surface area contributed by atoms with Crippen LogP contribution in [0.1, 0.15) is 48.2 Å². The summed E-state index contributed by atoms with van der Waals surface area (Å²) in [6.07, 6.45) is 4.11. The molecule has 10 nitrogen and oxygen atoms in total. The Morgan fingerprint density at radius 2 is 1.84 bits per heavy atom. The molecular formula is C28H28N6O4. The predicted molar refractivity (Wildman–Crippen MR) is 140 cm³/mol. The number of fused-ring (bicyclic) bond motifs is 3. The number of nitrogens with two attached hydrogens (primary N) is 1. The van der Waals surface area contributed by atoms with Gasteiger partial charge in [-0.15, -0.1) is 0 Å². The number of piperidine rings is 1. The van der Waals surface area contributed by atoms with E-state index in [4.69, 9.17) is 10.7 Å². The lowest BCUT2D eigenvalue weighted by Gasteiger charge is -2.39. The number of aliphatic hydroxyl groups is 2. The highest BCUT2D eigenvalue weighted by Gasteiger charge is 2.49. The number of amides is 1. The lowest BCUT2D eigenvalue weighted by atomic mass is 9.85. The highest BCUT2D eigenvalue weighted by atomic mass is 16.3. The van der Waals surface area contributed by atoms with Crippen LogP contribution in [0.2, 0.25) is 0 Å². The fraction of sp³-hybridized carbons (Fsp3) is 0.321. The summed E-state index contributed by atoms with van der Waals surface area (Å²) >= 11 is 0. The molecular weight excluding hydrogens is 484 g/mol. The van der Waals surface area contributed by atoms with Crippen LogP contribution >= 0.6 is 0 Å². The molecule has 4 unspecified atom stereocenters. The van der Waals surface area contributed by atoms with Gasteiger partial charge in [0, 0.05) is 34.8 Å². The number of rotatable bonds is 5. The zero-order chi connectivity index (χ0) is 26.6. The monoisotopic (exact) mass is 512 g/mol. The average molecular weight is 513 g/mol. The smallest absolute Gasteiger partial charge is 0.248 e. The highest BCUT2D eigenvalue weighted by molar-refractivity contribution is 6.00. The van der Waals surface area contributed by atoms with Gasteiger partial charge in [0.1, 0.15) is 12.4 Å². The van der Waals surface area contributed by atoms with Crippen molar-refractivity contribution in [3.8, 4) is 22.4 Å². The Balaban J connectivity index is 1.42. The van der Waals surface area contributed by atoms with Crippen molar-refractivity contribution in [1.29, 1.82) is 0 Å². The second-order valence-electron chi connectivity index (χ2n) is 10.1. The molecule has 4 aromatic rings. The number of ketones is 1. The van der Waals surface area contributed by atoms with Crippen LogP contribution in [0.5, 0.6) is 0 Å². The van der Waals surface area contributed by atoms with Crippen LogP contribution in [0, 0.1) is 0 Å². The van der Waals surface area contributed by atoms with Crippen molar-refractivity contribution in [1.82, 2.24) is 24.5 Å². The summed E-state index contributed by atoms with van der Waals surface area (Å²) in [4.78, 5) is 36.3. The molecule has 0 aliphatic carbocycles. The minimum Gasteiger partial charge on any atom is -0.391 e. The molecule has 1 aromatic carbocycles. The Morgan fingerprint density at radius 1 is 1.05 bits per heavy atom. The maximum Gasteiger partial charge on any atom is 0.248 e. The molecule has 38 heavy (non-hydrogen) atoms.